The van der Waals surface area contributed by atoms with Crippen LogP contribution in [-0.4, -0.2) is 28.5 Å². The minimum absolute atomic E-state index is 0.338. The molecule has 0 unspecified atom stereocenters. The Morgan fingerprint density at radius 2 is 1.61 bits per heavy atom. The molecule has 5 nitrogen and oxygen atoms in total. The Labute approximate surface area is 199 Å². The summed E-state index contributed by atoms with van der Waals surface area (Å²) in [6.07, 6.45) is 0. The maximum atomic E-state index is 6.23. The minimum Gasteiger partial charge on any atom is -0.485 e. The van der Waals surface area contributed by atoms with Crippen LogP contribution in [0.5, 0.6) is 5.75 Å². The maximum absolute atomic E-state index is 6.23. The molecule has 0 saturated heterocycles. The predicted octanol–water partition coefficient (Wildman–Crippen LogP) is 6.08. The Balaban J connectivity index is 1.51. The van der Waals surface area contributed by atoms with Crippen molar-refractivity contribution in [2.24, 2.45) is 0 Å². The van der Waals surface area contributed by atoms with Gasteiger partial charge in [-0.1, -0.05) is 89.6 Å². The van der Waals surface area contributed by atoms with Crippen LogP contribution in [0.25, 0.3) is 11.1 Å². The van der Waals surface area contributed by atoms with E-state index in [1.165, 1.54) is 16.7 Å². The van der Waals surface area contributed by atoms with Gasteiger partial charge in [0.25, 0.3) is 0 Å². The molecule has 0 N–H and O–H groups in total. The molecule has 0 amide bonds. The predicted molar refractivity (Wildman–Crippen MR) is 134 cm³/mol. The number of aryl methyl sites for hydroxylation is 2. The zero-order valence-electron chi connectivity index (χ0n) is 19.3. The SMILES string of the molecule is COCCn1c(COc2ccccc2-c2ccccc2)nnc1SCc1cc(C)cc(C)c1. The molecule has 0 radical (unpaired) electrons. The lowest BCUT2D eigenvalue weighted by atomic mass is 10.1. The quantitative estimate of drug-likeness (QED) is 0.269. The minimum atomic E-state index is 0.338. The molecular weight excluding hydrogens is 430 g/mol. The van der Waals surface area contributed by atoms with Crippen molar-refractivity contribution in [1.29, 1.82) is 0 Å². The molecule has 0 aliphatic rings. The van der Waals surface area contributed by atoms with Crippen molar-refractivity contribution >= 4 is 11.8 Å². The van der Waals surface area contributed by atoms with Crippen molar-refractivity contribution in [2.45, 2.75) is 37.9 Å². The summed E-state index contributed by atoms with van der Waals surface area (Å²) >= 11 is 1.69. The molecule has 0 spiro atoms. The van der Waals surface area contributed by atoms with Crippen LogP contribution in [0.4, 0.5) is 0 Å². The fraction of sp³-hybridized carbons (Fsp3) is 0.259. The third-order valence-electron chi connectivity index (χ3n) is 5.29. The van der Waals surface area contributed by atoms with Crippen LogP contribution in [0.3, 0.4) is 0 Å². The van der Waals surface area contributed by atoms with E-state index >= 15 is 0 Å². The van der Waals surface area contributed by atoms with E-state index in [1.54, 1.807) is 18.9 Å². The van der Waals surface area contributed by atoms with Crippen LogP contribution in [0.1, 0.15) is 22.5 Å². The first-order valence-electron chi connectivity index (χ1n) is 11.0. The van der Waals surface area contributed by atoms with Crippen LogP contribution < -0.4 is 4.74 Å². The van der Waals surface area contributed by atoms with E-state index in [0.29, 0.717) is 19.8 Å². The largest absolute Gasteiger partial charge is 0.485 e. The Hall–Kier alpha value is -3.09. The Kier molecular flexibility index (Phi) is 7.81. The molecule has 0 atom stereocenters. The van der Waals surface area contributed by atoms with Crippen LogP contribution in [0.2, 0.25) is 0 Å². The number of rotatable bonds is 10. The van der Waals surface area contributed by atoms with Crippen molar-refractivity contribution in [3.8, 4) is 16.9 Å². The normalized spacial score (nSPS) is 11.0. The molecule has 170 valence electrons. The molecule has 0 fully saturated rings. The van der Waals surface area contributed by atoms with Crippen LogP contribution in [-0.2, 0) is 23.6 Å². The number of aromatic nitrogens is 3. The van der Waals surface area contributed by atoms with E-state index in [-0.39, 0.29) is 0 Å². The molecule has 0 aliphatic carbocycles. The van der Waals surface area contributed by atoms with Gasteiger partial charge in [-0.3, -0.25) is 0 Å². The Morgan fingerprint density at radius 3 is 2.36 bits per heavy atom. The summed E-state index contributed by atoms with van der Waals surface area (Å²) < 4.78 is 13.7. The highest BCUT2D eigenvalue weighted by molar-refractivity contribution is 7.98. The van der Waals surface area contributed by atoms with E-state index in [0.717, 1.165) is 33.6 Å². The third kappa shape index (κ3) is 6.03. The van der Waals surface area contributed by atoms with Crippen molar-refractivity contribution in [3.63, 3.8) is 0 Å². The zero-order chi connectivity index (χ0) is 23.0. The van der Waals surface area contributed by atoms with E-state index in [4.69, 9.17) is 9.47 Å². The monoisotopic (exact) mass is 459 g/mol. The Bertz CT molecular complexity index is 1170. The maximum Gasteiger partial charge on any atom is 0.191 e. The number of hydrogen-bond acceptors (Lipinski definition) is 5. The summed E-state index contributed by atoms with van der Waals surface area (Å²) in [6, 6.07) is 25.0. The number of para-hydroxylation sites is 1. The van der Waals surface area contributed by atoms with Gasteiger partial charge in [0, 0.05) is 25.0 Å². The number of thioether (sulfide) groups is 1. The molecule has 1 heterocycles. The van der Waals surface area contributed by atoms with Gasteiger partial charge in [0.15, 0.2) is 11.0 Å². The highest BCUT2D eigenvalue weighted by Gasteiger charge is 2.15. The summed E-state index contributed by atoms with van der Waals surface area (Å²) in [6.45, 7) is 5.86. The molecule has 0 saturated carbocycles. The first-order valence-corrected chi connectivity index (χ1v) is 12.0. The average molecular weight is 460 g/mol. The fourth-order valence-electron chi connectivity index (χ4n) is 3.83. The van der Waals surface area contributed by atoms with E-state index in [2.05, 4.69) is 65.0 Å². The van der Waals surface area contributed by atoms with Gasteiger partial charge in [0.2, 0.25) is 0 Å². The van der Waals surface area contributed by atoms with Crippen LogP contribution in [0, 0.1) is 13.8 Å². The highest BCUT2D eigenvalue weighted by Crippen LogP contribution is 2.30. The highest BCUT2D eigenvalue weighted by atomic mass is 32.2. The molecule has 3 aromatic carbocycles. The van der Waals surface area contributed by atoms with Crippen LogP contribution in [0.15, 0.2) is 78.0 Å². The van der Waals surface area contributed by atoms with E-state index in [9.17, 15) is 0 Å². The van der Waals surface area contributed by atoms with E-state index in [1.807, 2.05) is 36.4 Å². The second kappa shape index (κ2) is 11.2. The molecule has 33 heavy (non-hydrogen) atoms. The Morgan fingerprint density at radius 1 is 0.879 bits per heavy atom. The summed E-state index contributed by atoms with van der Waals surface area (Å²) in [7, 11) is 1.71. The molecule has 4 rings (SSSR count). The topological polar surface area (TPSA) is 49.2 Å². The summed E-state index contributed by atoms with van der Waals surface area (Å²) in [5.74, 6) is 2.46. The van der Waals surface area contributed by atoms with Gasteiger partial charge >= 0.3 is 0 Å². The second-order valence-electron chi connectivity index (χ2n) is 7.98. The third-order valence-corrected chi connectivity index (χ3v) is 6.33. The molecular formula is C27H29N3O2S. The van der Waals surface area contributed by atoms with Gasteiger partial charge in [-0.15, -0.1) is 10.2 Å². The summed E-state index contributed by atoms with van der Waals surface area (Å²) in [5.41, 5.74) is 6.02. The number of methoxy groups -OCH3 is 1. The molecule has 4 aromatic rings. The molecule has 6 heteroatoms. The molecule has 0 bridgehead atoms. The van der Waals surface area contributed by atoms with Crippen molar-refractivity contribution in [2.75, 3.05) is 13.7 Å². The van der Waals surface area contributed by atoms with Crippen molar-refractivity contribution in [1.82, 2.24) is 14.8 Å². The zero-order valence-corrected chi connectivity index (χ0v) is 20.1. The molecule has 1 aromatic heterocycles. The first kappa shape index (κ1) is 23.1. The lowest BCUT2D eigenvalue weighted by Crippen LogP contribution is -2.12. The summed E-state index contributed by atoms with van der Waals surface area (Å²) in [5, 5.41) is 9.78. The second-order valence-corrected chi connectivity index (χ2v) is 8.92. The number of ether oxygens (including phenoxy) is 2. The average Bonchev–Trinajstić information content (AvgIpc) is 3.21. The van der Waals surface area contributed by atoms with Gasteiger partial charge in [-0.2, -0.15) is 0 Å². The first-order chi connectivity index (χ1) is 16.1. The van der Waals surface area contributed by atoms with Crippen molar-refractivity contribution < 1.29 is 9.47 Å². The standard InChI is InChI=1S/C27H29N3O2S/c1-20-15-21(2)17-22(16-20)19-33-27-29-28-26(30(27)13-14-31-3)18-32-25-12-8-7-11-24(25)23-9-5-4-6-10-23/h4-12,15-17H,13-14,18-19H2,1-3H3. The van der Waals surface area contributed by atoms with Crippen LogP contribution >= 0.6 is 11.8 Å². The van der Waals surface area contributed by atoms with Gasteiger partial charge in [0.05, 0.1) is 6.61 Å². The van der Waals surface area contributed by atoms with Gasteiger partial charge < -0.3 is 14.0 Å². The lowest BCUT2D eigenvalue weighted by Gasteiger charge is -2.13. The number of nitrogens with zero attached hydrogens (tertiary/aromatic N) is 3. The van der Waals surface area contributed by atoms with E-state index < -0.39 is 0 Å². The fourth-order valence-corrected chi connectivity index (χ4v) is 4.74. The van der Waals surface area contributed by atoms with Gasteiger partial charge in [-0.25, -0.2) is 0 Å². The van der Waals surface area contributed by atoms with Gasteiger partial charge in [0.1, 0.15) is 12.4 Å². The number of benzene rings is 3. The summed E-state index contributed by atoms with van der Waals surface area (Å²) in [4.78, 5) is 0. The lowest BCUT2D eigenvalue weighted by molar-refractivity contribution is 0.181. The molecule has 0 aliphatic heterocycles. The van der Waals surface area contributed by atoms with Gasteiger partial charge in [-0.05, 0) is 31.0 Å². The van der Waals surface area contributed by atoms with Crippen molar-refractivity contribution in [3.05, 3.63) is 95.3 Å². The number of hydrogen-bond donors (Lipinski definition) is 0. The smallest absolute Gasteiger partial charge is 0.191 e.